The smallest absolute Gasteiger partial charge is 0.178 e. The van der Waals surface area contributed by atoms with Crippen molar-refractivity contribution in [1.82, 2.24) is 4.98 Å². The molecule has 0 bridgehead atoms. The first-order valence-electron chi connectivity index (χ1n) is 12.0. The van der Waals surface area contributed by atoms with Crippen molar-refractivity contribution >= 4 is 23.3 Å². The number of aliphatic hydroxyl groups is 2. The largest absolute Gasteiger partial charge is 0.393 e. The molecule has 3 saturated carbocycles. The number of carbonyl (C=O) groups excluding carboxylic acids is 2. The molecule has 33 heavy (non-hydrogen) atoms. The van der Waals surface area contributed by atoms with Crippen LogP contribution in [-0.2, 0) is 9.59 Å². The monoisotopic (exact) mass is 467 g/mol. The number of aromatic nitrogens is 1. The fourth-order valence-corrected chi connectivity index (χ4v) is 8.74. The maximum Gasteiger partial charge on any atom is 0.178 e. The molecule has 5 unspecified atom stereocenters. The van der Waals surface area contributed by atoms with E-state index in [9.17, 15) is 19.8 Å². The minimum Gasteiger partial charge on any atom is -0.393 e. The third-order valence-corrected chi connectivity index (χ3v) is 10.4. The number of pyridine rings is 1. The lowest BCUT2D eigenvalue weighted by atomic mass is 9.46. The number of carbonyl (C=O) groups is 2. The van der Waals surface area contributed by atoms with Crippen molar-refractivity contribution in [2.45, 2.75) is 63.2 Å². The van der Waals surface area contributed by atoms with Crippen LogP contribution in [0.3, 0.4) is 0 Å². The van der Waals surface area contributed by atoms with Gasteiger partial charge in [0, 0.05) is 22.9 Å². The number of allylic oxidation sites excluding steroid dienone is 4. The molecule has 1 aromatic heterocycles. The SMILES string of the molecule is C[C@@H]1CC2C3CCC4=CC(=O)C=CC4(C)C3[C@@H](O)CC2(C)[C@@]1(O)C(=O)CSc1ccccn1. The van der Waals surface area contributed by atoms with E-state index in [2.05, 4.69) is 11.9 Å². The summed E-state index contributed by atoms with van der Waals surface area (Å²) < 4.78 is 0. The number of rotatable bonds is 4. The van der Waals surface area contributed by atoms with E-state index in [4.69, 9.17) is 0 Å². The van der Waals surface area contributed by atoms with Crippen LogP contribution in [0.2, 0.25) is 0 Å². The van der Waals surface area contributed by atoms with Gasteiger partial charge in [-0.25, -0.2) is 4.98 Å². The molecule has 0 radical (unpaired) electrons. The molecule has 4 aliphatic rings. The first-order chi connectivity index (χ1) is 15.6. The number of thioether (sulfide) groups is 1. The van der Waals surface area contributed by atoms with Gasteiger partial charge in [0.1, 0.15) is 5.60 Å². The number of ketones is 2. The molecule has 0 saturated heterocycles. The van der Waals surface area contributed by atoms with Gasteiger partial charge < -0.3 is 10.2 Å². The predicted molar refractivity (Wildman–Crippen MR) is 127 cm³/mol. The molecule has 5 nitrogen and oxygen atoms in total. The second kappa shape index (κ2) is 7.89. The minimum absolute atomic E-state index is 0.00697. The summed E-state index contributed by atoms with van der Waals surface area (Å²) in [6.45, 7) is 6.16. The molecule has 0 aromatic carbocycles. The topological polar surface area (TPSA) is 87.5 Å². The lowest BCUT2D eigenvalue weighted by Gasteiger charge is -2.59. The Labute approximate surface area is 199 Å². The van der Waals surface area contributed by atoms with Gasteiger partial charge >= 0.3 is 0 Å². The average Bonchev–Trinajstić information content (AvgIpc) is 2.99. The second-order valence-corrected chi connectivity index (χ2v) is 12.0. The first kappa shape index (κ1) is 23.0. The van der Waals surface area contributed by atoms with Gasteiger partial charge in [0.2, 0.25) is 0 Å². The molecule has 0 aliphatic heterocycles. The number of fused-ring (bicyclic) bond motifs is 5. The molecule has 8 atom stereocenters. The molecule has 2 N–H and O–H groups in total. The molecular formula is C27H33NO4S. The summed E-state index contributed by atoms with van der Waals surface area (Å²) in [5.74, 6) is 0.198. The van der Waals surface area contributed by atoms with E-state index in [1.54, 1.807) is 18.3 Å². The molecule has 4 aliphatic carbocycles. The Bertz CT molecular complexity index is 1040. The van der Waals surface area contributed by atoms with Gasteiger partial charge in [0.25, 0.3) is 0 Å². The highest BCUT2D eigenvalue weighted by Gasteiger charge is 2.70. The summed E-state index contributed by atoms with van der Waals surface area (Å²) >= 11 is 1.36. The Kier molecular flexibility index (Phi) is 5.50. The predicted octanol–water partition coefficient (Wildman–Crippen LogP) is 4.00. The summed E-state index contributed by atoms with van der Waals surface area (Å²) in [7, 11) is 0. The summed E-state index contributed by atoms with van der Waals surface area (Å²) in [6, 6.07) is 5.60. The van der Waals surface area contributed by atoms with Crippen LogP contribution in [0.4, 0.5) is 0 Å². The molecule has 1 aromatic rings. The standard InChI is InChI=1S/C27H33NO4S/c1-16-12-20-19-8-7-17-13-18(29)9-10-25(17,2)24(19)21(30)14-26(20,3)27(16,32)22(31)15-33-23-6-4-5-11-28-23/h4-6,9-11,13,16,19-21,24,30,32H,7-8,12,14-15H2,1-3H3/t16-,19?,20?,21+,24?,25?,26?,27+/m1/s1. The molecule has 0 amide bonds. The Balaban J connectivity index is 1.45. The van der Waals surface area contributed by atoms with Crippen LogP contribution < -0.4 is 0 Å². The Hall–Kier alpha value is -1.76. The van der Waals surface area contributed by atoms with Crippen LogP contribution in [0.15, 0.2) is 53.2 Å². The van der Waals surface area contributed by atoms with Crippen LogP contribution in [0.1, 0.15) is 46.5 Å². The highest BCUT2D eigenvalue weighted by Crippen LogP contribution is 2.68. The van der Waals surface area contributed by atoms with E-state index in [0.29, 0.717) is 6.42 Å². The maximum atomic E-state index is 13.6. The van der Waals surface area contributed by atoms with E-state index in [0.717, 1.165) is 29.9 Å². The highest BCUT2D eigenvalue weighted by atomic mass is 32.2. The van der Waals surface area contributed by atoms with Crippen LogP contribution in [0.5, 0.6) is 0 Å². The molecule has 176 valence electrons. The number of nitrogens with zero attached hydrogens (tertiary/aromatic N) is 1. The fraction of sp³-hybridized carbons (Fsp3) is 0.593. The minimum atomic E-state index is -1.47. The van der Waals surface area contributed by atoms with E-state index in [-0.39, 0.29) is 46.4 Å². The quantitative estimate of drug-likeness (QED) is 0.651. The Morgan fingerprint density at radius 3 is 2.82 bits per heavy atom. The zero-order chi connectivity index (χ0) is 23.6. The lowest BCUT2D eigenvalue weighted by Crippen LogP contribution is -2.62. The van der Waals surface area contributed by atoms with Crippen LogP contribution in [0.25, 0.3) is 0 Å². The van der Waals surface area contributed by atoms with E-state index < -0.39 is 17.1 Å². The summed E-state index contributed by atoms with van der Waals surface area (Å²) in [5, 5.41) is 24.3. The normalized spacial score (nSPS) is 44.0. The highest BCUT2D eigenvalue weighted by molar-refractivity contribution is 7.99. The number of aliphatic hydroxyl groups excluding tert-OH is 1. The van der Waals surface area contributed by atoms with Crippen molar-refractivity contribution in [1.29, 1.82) is 0 Å². The third kappa shape index (κ3) is 3.24. The van der Waals surface area contributed by atoms with E-state index in [1.807, 2.05) is 38.1 Å². The first-order valence-corrected chi connectivity index (χ1v) is 13.0. The van der Waals surface area contributed by atoms with Crippen LogP contribution in [-0.4, -0.2) is 44.2 Å². The Morgan fingerprint density at radius 2 is 2.09 bits per heavy atom. The van der Waals surface area contributed by atoms with Crippen molar-refractivity contribution in [3.63, 3.8) is 0 Å². The molecule has 0 spiro atoms. The van der Waals surface area contributed by atoms with Crippen molar-refractivity contribution in [3.8, 4) is 0 Å². The fourth-order valence-electron chi connectivity index (χ4n) is 7.94. The van der Waals surface area contributed by atoms with Gasteiger partial charge in [-0.15, -0.1) is 0 Å². The van der Waals surface area contributed by atoms with Gasteiger partial charge in [-0.1, -0.05) is 50.2 Å². The van der Waals surface area contributed by atoms with Crippen LogP contribution in [0, 0.1) is 34.5 Å². The average molecular weight is 468 g/mol. The van der Waals surface area contributed by atoms with Crippen molar-refractivity contribution in [3.05, 3.63) is 48.2 Å². The summed E-state index contributed by atoms with van der Waals surface area (Å²) in [5.41, 5.74) is -1.38. The Morgan fingerprint density at radius 1 is 1.30 bits per heavy atom. The van der Waals surface area contributed by atoms with Gasteiger partial charge in [0.05, 0.1) is 16.9 Å². The maximum absolute atomic E-state index is 13.6. The molecule has 3 fully saturated rings. The van der Waals surface area contributed by atoms with Gasteiger partial charge in [0.15, 0.2) is 11.6 Å². The van der Waals surface area contributed by atoms with Crippen molar-refractivity contribution in [2.75, 3.05) is 5.75 Å². The number of hydrogen-bond acceptors (Lipinski definition) is 6. The molecule has 5 rings (SSSR count). The van der Waals surface area contributed by atoms with Crippen LogP contribution >= 0.6 is 11.8 Å². The molecule has 1 heterocycles. The number of hydrogen-bond donors (Lipinski definition) is 2. The molecule has 6 heteroatoms. The van der Waals surface area contributed by atoms with E-state index >= 15 is 0 Å². The lowest BCUT2D eigenvalue weighted by molar-refractivity contribution is -0.179. The second-order valence-electron chi connectivity index (χ2n) is 11.0. The zero-order valence-corrected chi connectivity index (χ0v) is 20.3. The van der Waals surface area contributed by atoms with Gasteiger partial charge in [-0.2, -0.15) is 0 Å². The summed E-state index contributed by atoms with van der Waals surface area (Å²) in [6.07, 6.45) is 9.31. The number of Topliss-reactive ketones (excluding diaryl/α,β-unsaturated/α-hetero) is 1. The van der Waals surface area contributed by atoms with Crippen molar-refractivity contribution in [2.24, 2.45) is 34.5 Å². The zero-order valence-electron chi connectivity index (χ0n) is 19.5. The van der Waals surface area contributed by atoms with Crippen molar-refractivity contribution < 1.29 is 19.8 Å². The van der Waals surface area contributed by atoms with Gasteiger partial charge in [-0.05, 0) is 67.7 Å². The third-order valence-electron chi connectivity index (χ3n) is 9.49. The van der Waals surface area contributed by atoms with E-state index in [1.165, 1.54) is 11.8 Å². The summed E-state index contributed by atoms with van der Waals surface area (Å²) in [4.78, 5) is 29.9. The molecular weight excluding hydrogens is 434 g/mol. The van der Waals surface area contributed by atoms with Gasteiger partial charge in [-0.3, -0.25) is 9.59 Å².